The molecule has 0 spiro atoms. The highest BCUT2D eigenvalue weighted by Gasteiger charge is 2.25. The van der Waals surface area contributed by atoms with Crippen molar-refractivity contribution in [3.8, 4) is 0 Å². The number of piperidine rings is 1. The van der Waals surface area contributed by atoms with Crippen molar-refractivity contribution >= 4 is 6.03 Å². The maximum Gasteiger partial charge on any atom is 0.314 e. The van der Waals surface area contributed by atoms with Crippen LogP contribution in [-0.4, -0.2) is 58.5 Å². The fraction of sp³-hybridized carbons (Fsp3) is 0.733. The van der Waals surface area contributed by atoms with Gasteiger partial charge in [-0.1, -0.05) is 6.42 Å². The van der Waals surface area contributed by atoms with Crippen molar-refractivity contribution in [2.24, 2.45) is 7.05 Å². The molecule has 1 unspecified atom stereocenters. The summed E-state index contributed by atoms with van der Waals surface area (Å²) in [6.07, 6.45) is 7.17. The molecule has 0 saturated carbocycles. The van der Waals surface area contributed by atoms with Crippen LogP contribution < -0.4 is 10.6 Å². The lowest BCUT2D eigenvalue weighted by atomic mass is 10.00. The third-order valence-electron chi connectivity index (χ3n) is 4.08. The van der Waals surface area contributed by atoms with E-state index in [1.807, 2.05) is 0 Å². The molecule has 3 N–H and O–H groups in total. The minimum atomic E-state index is -1.13. The standard InChI is InChI=1S/C15H27N5O2/c1-15(22,13-10-18-19(2)11-13)12-17-14(21)16-6-9-20-7-4-3-5-8-20/h10-11,22H,3-9,12H2,1-2H3,(H2,16,17,21). The highest BCUT2D eigenvalue weighted by molar-refractivity contribution is 5.73. The Kier molecular flexibility index (Phi) is 5.79. The number of aryl methyl sites for hydroxylation is 1. The van der Waals surface area contributed by atoms with Gasteiger partial charge in [0, 0.05) is 31.9 Å². The van der Waals surface area contributed by atoms with Crippen LogP contribution in [0.2, 0.25) is 0 Å². The van der Waals surface area contributed by atoms with Crippen molar-refractivity contribution in [2.75, 3.05) is 32.7 Å². The number of aliphatic hydroxyl groups is 1. The van der Waals surface area contributed by atoms with Crippen LogP contribution in [0.25, 0.3) is 0 Å². The molecule has 7 nitrogen and oxygen atoms in total. The lowest BCUT2D eigenvalue weighted by Crippen LogP contribution is -2.45. The van der Waals surface area contributed by atoms with E-state index in [0.717, 1.165) is 19.6 Å². The minimum Gasteiger partial charge on any atom is -0.383 e. The van der Waals surface area contributed by atoms with Crippen LogP contribution in [0.5, 0.6) is 0 Å². The zero-order chi connectivity index (χ0) is 16.0. The first-order valence-corrected chi connectivity index (χ1v) is 7.93. The van der Waals surface area contributed by atoms with E-state index in [0.29, 0.717) is 12.1 Å². The fourth-order valence-electron chi connectivity index (χ4n) is 2.63. The number of hydrogen-bond acceptors (Lipinski definition) is 4. The number of urea groups is 1. The van der Waals surface area contributed by atoms with Gasteiger partial charge in [-0.2, -0.15) is 5.10 Å². The van der Waals surface area contributed by atoms with Crippen molar-refractivity contribution in [3.05, 3.63) is 18.0 Å². The average molecular weight is 309 g/mol. The van der Waals surface area contributed by atoms with Crippen molar-refractivity contribution in [2.45, 2.75) is 31.8 Å². The largest absolute Gasteiger partial charge is 0.383 e. The first-order chi connectivity index (χ1) is 10.5. The van der Waals surface area contributed by atoms with Gasteiger partial charge in [-0.05, 0) is 32.9 Å². The molecular weight excluding hydrogens is 282 g/mol. The van der Waals surface area contributed by atoms with E-state index in [-0.39, 0.29) is 12.6 Å². The number of nitrogens with zero attached hydrogens (tertiary/aromatic N) is 3. The summed E-state index contributed by atoms with van der Waals surface area (Å²) < 4.78 is 1.63. The van der Waals surface area contributed by atoms with Gasteiger partial charge in [0.1, 0.15) is 5.60 Å². The lowest BCUT2D eigenvalue weighted by Gasteiger charge is -2.26. The molecule has 1 atom stereocenters. The van der Waals surface area contributed by atoms with Gasteiger partial charge in [0.05, 0.1) is 12.7 Å². The van der Waals surface area contributed by atoms with E-state index >= 15 is 0 Å². The molecule has 2 amide bonds. The summed E-state index contributed by atoms with van der Waals surface area (Å²) in [5.74, 6) is 0. The molecule has 1 aromatic heterocycles. The van der Waals surface area contributed by atoms with Crippen LogP contribution in [0.4, 0.5) is 4.79 Å². The summed E-state index contributed by atoms with van der Waals surface area (Å²) in [7, 11) is 1.79. The molecule has 2 rings (SSSR count). The molecule has 0 aromatic carbocycles. The number of likely N-dealkylation sites (tertiary alicyclic amines) is 1. The van der Waals surface area contributed by atoms with Gasteiger partial charge < -0.3 is 20.6 Å². The van der Waals surface area contributed by atoms with Crippen molar-refractivity contribution in [1.29, 1.82) is 0 Å². The van der Waals surface area contributed by atoms with Crippen molar-refractivity contribution in [3.63, 3.8) is 0 Å². The van der Waals surface area contributed by atoms with Crippen LogP contribution >= 0.6 is 0 Å². The Morgan fingerprint density at radius 3 is 2.73 bits per heavy atom. The van der Waals surface area contributed by atoms with E-state index in [9.17, 15) is 9.90 Å². The Balaban J connectivity index is 1.66. The molecule has 0 radical (unpaired) electrons. The van der Waals surface area contributed by atoms with Crippen LogP contribution in [0.3, 0.4) is 0 Å². The highest BCUT2D eigenvalue weighted by Crippen LogP contribution is 2.18. The maximum absolute atomic E-state index is 11.8. The molecule has 22 heavy (non-hydrogen) atoms. The van der Waals surface area contributed by atoms with E-state index in [1.165, 1.54) is 19.3 Å². The average Bonchev–Trinajstić information content (AvgIpc) is 2.94. The topological polar surface area (TPSA) is 82.4 Å². The maximum atomic E-state index is 11.8. The molecular formula is C15H27N5O2. The first-order valence-electron chi connectivity index (χ1n) is 7.93. The number of carbonyl (C=O) groups is 1. The second-order valence-electron chi connectivity index (χ2n) is 6.19. The molecule has 1 aliphatic heterocycles. The van der Waals surface area contributed by atoms with Crippen LogP contribution in [0.15, 0.2) is 12.4 Å². The van der Waals surface area contributed by atoms with E-state index in [4.69, 9.17) is 0 Å². The van der Waals surface area contributed by atoms with Gasteiger partial charge in [-0.3, -0.25) is 4.68 Å². The zero-order valence-electron chi connectivity index (χ0n) is 13.5. The molecule has 1 saturated heterocycles. The number of amides is 2. The lowest BCUT2D eigenvalue weighted by molar-refractivity contribution is 0.0593. The van der Waals surface area contributed by atoms with E-state index in [1.54, 1.807) is 31.0 Å². The molecule has 1 aliphatic rings. The zero-order valence-corrected chi connectivity index (χ0v) is 13.5. The second kappa shape index (κ2) is 7.60. The van der Waals surface area contributed by atoms with Crippen LogP contribution in [0.1, 0.15) is 31.7 Å². The Labute approximate surface area is 131 Å². The second-order valence-corrected chi connectivity index (χ2v) is 6.19. The Morgan fingerprint density at radius 1 is 1.36 bits per heavy atom. The molecule has 7 heteroatoms. The number of rotatable bonds is 6. The van der Waals surface area contributed by atoms with Gasteiger partial charge >= 0.3 is 6.03 Å². The molecule has 1 aromatic rings. The molecule has 0 bridgehead atoms. The summed E-state index contributed by atoms with van der Waals surface area (Å²) in [5.41, 5.74) is -0.443. The van der Waals surface area contributed by atoms with Gasteiger partial charge in [-0.25, -0.2) is 4.79 Å². The quantitative estimate of drug-likeness (QED) is 0.711. The number of nitrogens with one attached hydrogen (secondary N) is 2. The smallest absolute Gasteiger partial charge is 0.314 e. The normalized spacial score (nSPS) is 18.7. The van der Waals surface area contributed by atoms with Crippen molar-refractivity contribution in [1.82, 2.24) is 25.3 Å². The third kappa shape index (κ3) is 4.99. The number of aromatic nitrogens is 2. The van der Waals surface area contributed by atoms with Gasteiger partial charge in [0.2, 0.25) is 0 Å². The first kappa shape index (κ1) is 16.8. The van der Waals surface area contributed by atoms with Crippen LogP contribution in [0, 0.1) is 0 Å². The summed E-state index contributed by atoms with van der Waals surface area (Å²) in [5, 5.41) is 20.0. The van der Waals surface area contributed by atoms with Gasteiger partial charge in [0.25, 0.3) is 0 Å². The Hall–Kier alpha value is -1.60. The van der Waals surface area contributed by atoms with Crippen molar-refractivity contribution < 1.29 is 9.90 Å². The SMILES string of the molecule is Cn1cc(C(C)(O)CNC(=O)NCCN2CCCCC2)cn1. The van der Waals surface area contributed by atoms with E-state index < -0.39 is 5.60 Å². The summed E-state index contributed by atoms with van der Waals surface area (Å²) in [6, 6.07) is -0.249. The van der Waals surface area contributed by atoms with E-state index in [2.05, 4.69) is 20.6 Å². The third-order valence-corrected chi connectivity index (χ3v) is 4.08. The monoisotopic (exact) mass is 309 g/mol. The van der Waals surface area contributed by atoms with Crippen LogP contribution in [-0.2, 0) is 12.6 Å². The molecule has 1 fully saturated rings. The predicted molar refractivity (Wildman–Crippen MR) is 84.5 cm³/mol. The Morgan fingerprint density at radius 2 is 2.09 bits per heavy atom. The number of carbonyl (C=O) groups excluding carboxylic acids is 1. The minimum absolute atomic E-state index is 0.147. The predicted octanol–water partition coefficient (Wildman–Crippen LogP) is 0.413. The summed E-state index contributed by atoms with van der Waals surface area (Å²) >= 11 is 0. The fourth-order valence-corrected chi connectivity index (χ4v) is 2.63. The molecule has 2 heterocycles. The molecule has 124 valence electrons. The summed E-state index contributed by atoms with van der Waals surface area (Å²) in [6.45, 7) is 5.57. The number of hydrogen-bond donors (Lipinski definition) is 3. The van der Waals surface area contributed by atoms with Gasteiger partial charge in [-0.15, -0.1) is 0 Å². The Bertz CT molecular complexity index is 480. The molecule has 0 aliphatic carbocycles. The van der Waals surface area contributed by atoms with Gasteiger partial charge in [0.15, 0.2) is 0 Å². The summed E-state index contributed by atoms with van der Waals surface area (Å²) in [4.78, 5) is 14.2. The highest BCUT2D eigenvalue weighted by atomic mass is 16.3.